The maximum Gasteiger partial charge on any atom is -0.00182 e. The third-order valence-corrected chi connectivity index (χ3v) is 2.69. The summed E-state index contributed by atoms with van der Waals surface area (Å²) < 4.78 is 0. The first-order valence-electron chi connectivity index (χ1n) is 5.30. The summed E-state index contributed by atoms with van der Waals surface area (Å²) in [5, 5.41) is 3.48. The van der Waals surface area contributed by atoms with E-state index in [0.717, 1.165) is 25.4 Å². The number of unbranched alkanes of at least 4 members (excludes halogenated alkanes) is 1. The summed E-state index contributed by atoms with van der Waals surface area (Å²) >= 11 is 0. The van der Waals surface area contributed by atoms with E-state index in [9.17, 15) is 0 Å². The highest BCUT2D eigenvalue weighted by molar-refractivity contribution is 4.72. The second-order valence-corrected chi connectivity index (χ2v) is 4.90. The van der Waals surface area contributed by atoms with Gasteiger partial charge in [-0.1, -0.05) is 33.8 Å². The Hall–Kier alpha value is -0.300. The van der Waals surface area contributed by atoms with Gasteiger partial charge in [0.15, 0.2) is 0 Å². The van der Waals surface area contributed by atoms with Crippen molar-refractivity contribution in [2.75, 3.05) is 13.1 Å². The third kappa shape index (κ3) is 6.83. The maximum atomic E-state index is 3.70. The van der Waals surface area contributed by atoms with Gasteiger partial charge in [-0.05, 0) is 37.3 Å². The quantitative estimate of drug-likeness (QED) is 0.492. The fraction of sp³-hybridized carbons (Fsp3) is 0.833. The summed E-state index contributed by atoms with van der Waals surface area (Å²) in [6, 6.07) is 0. The van der Waals surface area contributed by atoms with E-state index in [1.807, 2.05) is 6.08 Å². The van der Waals surface area contributed by atoms with E-state index in [2.05, 4.69) is 39.6 Å². The summed E-state index contributed by atoms with van der Waals surface area (Å²) in [5.74, 6) is 0.733. The highest BCUT2D eigenvalue weighted by atomic mass is 14.9. The van der Waals surface area contributed by atoms with Crippen molar-refractivity contribution in [3.05, 3.63) is 12.7 Å². The smallest absolute Gasteiger partial charge is 0.00182 e. The molecule has 0 bridgehead atoms. The predicted octanol–water partition coefficient (Wildman–Crippen LogP) is 3.22. The van der Waals surface area contributed by atoms with E-state index in [4.69, 9.17) is 0 Å². The van der Waals surface area contributed by atoms with E-state index >= 15 is 0 Å². The van der Waals surface area contributed by atoms with Crippen LogP contribution in [-0.4, -0.2) is 13.1 Å². The molecule has 1 heteroatoms. The van der Waals surface area contributed by atoms with Gasteiger partial charge in [-0.2, -0.15) is 0 Å². The summed E-state index contributed by atoms with van der Waals surface area (Å²) in [6.45, 7) is 15.1. The van der Waals surface area contributed by atoms with Crippen LogP contribution >= 0.6 is 0 Å². The van der Waals surface area contributed by atoms with Crippen molar-refractivity contribution >= 4 is 0 Å². The molecule has 0 spiro atoms. The van der Waals surface area contributed by atoms with Crippen molar-refractivity contribution in [2.24, 2.45) is 11.3 Å². The fourth-order valence-corrected chi connectivity index (χ4v) is 0.996. The van der Waals surface area contributed by atoms with Gasteiger partial charge >= 0.3 is 0 Å². The fourth-order valence-electron chi connectivity index (χ4n) is 0.996. The average Bonchev–Trinajstić information content (AvgIpc) is 2.02. The van der Waals surface area contributed by atoms with E-state index in [1.54, 1.807) is 0 Å². The number of hydrogen-bond acceptors (Lipinski definition) is 1. The summed E-state index contributed by atoms with van der Waals surface area (Å²) in [7, 11) is 0. The van der Waals surface area contributed by atoms with Gasteiger partial charge in [-0.3, -0.25) is 0 Å². The Morgan fingerprint density at radius 1 is 1.38 bits per heavy atom. The van der Waals surface area contributed by atoms with Crippen LogP contribution in [0.3, 0.4) is 0 Å². The topological polar surface area (TPSA) is 12.0 Å². The summed E-state index contributed by atoms with van der Waals surface area (Å²) in [5.41, 5.74) is 0.422. The first-order valence-corrected chi connectivity index (χ1v) is 5.30. The Balaban J connectivity index is 3.37. The van der Waals surface area contributed by atoms with Gasteiger partial charge in [-0.15, -0.1) is 6.58 Å². The van der Waals surface area contributed by atoms with Crippen LogP contribution in [-0.2, 0) is 0 Å². The van der Waals surface area contributed by atoms with Crippen molar-refractivity contribution in [3.63, 3.8) is 0 Å². The zero-order valence-corrected chi connectivity index (χ0v) is 9.69. The molecule has 1 atom stereocenters. The number of hydrogen-bond donors (Lipinski definition) is 1. The van der Waals surface area contributed by atoms with Gasteiger partial charge in [-0.25, -0.2) is 0 Å². The molecule has 0 amide bonds. The van der Waals surface area contributed by atoms with E-state index < -0.39 is 0 Å². The van der Waals surface area contributed by atoms with E-state index in [0.29, 0.717) is 5.41 Å². The second-order valence-electron chi connectivity index (χ2n) is 4.90. The van der Waals surface area contributed by atoms with Crippen molar-refractivity contribution in [1.29, 1.82) is 0 Å². The molecule has 0 aliphatic heterocycles. The highest BCUT2D eigenvalue weighted by Crippen LogP contribution is 2.24. The molecule has 0 rings (SSSR count). The van der Waals surface area contributed by atoms with Gasteiger partial charge in [0.2, 0.25) is 0 Å². The minimum atomic E-state index is 0.422. The standard InChI is InChI=1S/C12H25N/c1-6-7-8-9-13-10-11(2)12(3,4)5/h6,11,13H,1,7-10H2,2-5H3. The Morgan fingerprint density at radius 2 is 2.00 bits per heavy atom. The largest absolute Gasteiger partial charge is 0.316 e. The number of allylic oxidation sites excluding steroid dienone is 1. The van der Waals surface area contributed by atoms with Gasteiger partial charge < -0.3 is 5.32 Å². The van der Waals surface area contributed by atoms with Crippen molar-refractivity contribution < 1.29 is 0 Å². The van der Waals surface area contributed by atoms with Crippen LogP contribution in [0.5, 0.6) is 0 Å². The molecule has 0 aliphatic rings. The molecule has 1 unspecified atom stereocenters. The summed E-state index contributed by atoms with van der Waals surface area (Å²) in [4.78, 5) is 0. The van der Waals surface area contributed by atoms with Crippen LogP contribution in [0.1, 0.15) is 40.5 Å². The van der Waals surface area contributed by atoms with Crippen LogP contribution in [0.25, 0.3) is 0 Å². The normalized spacial score (nSPS) is 14.2. The van der Waals surface area contributed by atoms with Gasteiger partial charge in [0.1, 0.15) is 0 Å². The van der Waals surface area contributed by atoms with Crippen molar-refractivity contribution in [2.45, 2.75) is 40.5 Å². The van der Waals surface area contributed by atoms with Crippen LogP contribution in [0.15, 0.2) is 12.7 Å². The maximum absolute atomic E-state index is 3.70. The van der Waals surface area contributed by atoms with Crippen molar-refractivity contribution in [3.8, 4) is 0 Å². The first kappa shape index (κ1) is 12.7. The van der Waals surface area contributed by atoms with Crippen LogP contribution in [0.4, 0.5) is 0 Å². The molecular formula is C12H25N. The zero-order valence-electron chi connectivity index (χ0n) is 9.69. The Morgan fingerprint density at radius 3 is 2.46 bits per heavy atom. The van der Waals surface area contributed by atoms with Crippen LogP contribution in [0.2, 0.25) is 0 Å². The molecule has 0 saturated heterocycles. The number of rotatable bonds is 6. The molecule has 1 N–H and O–H groups in total. The first-order chi connectivity index (χ1) is 5.98. The molecule has 0 aromatic rings. The summed E-state index contributed by atoms with van der Waals surface area (Å²) in [6.07, 6.45) is 4.31. The molecule has 0 fully saturated rings. The molecular weight excluding hydrogens is 158 g/mol. The third-order valence-electron chi connectivity index (χ3n) is 2.69. The number of nitrogens with one attached hydrogen (secondary N) is 1. The lowest BCUT2D eigenvalue weighted by Crippen LogP contribution is -2.30. The minimum Gasteiger partial charge on any atom is -0.316 e. The monoisotopic (exact) mass is 183 g/mol. The molecule has 0 aliphatic carbocycles. The lowest BCUT2D eigenvalue weighted by atomic mass is 9.82. The average molecular weight is 183 g/mol. The SMILES string of the molecule is C=CCCCNCC(C)C(C)(C)C. The lowest BCUT2D eigenvalue weighted by molar-refractivity contribution is 0.253. The van der Waals surface area contributed by atoms with Crippen LogP contribution < -0.4 is 5.32 Å². The predicted molar refractivity (Wildman–Crippen MR) is 60.9 cm³/mol. The molecule has 13 heavy (non-hydrogen) atoms. The lowest BCUT2D eigenvalue weighted by Gasteiger charge is -2.27. The van der Waals surface area contributed by atoms with Gasteiger partial charge in [0, 0.05) is 0 Å². The molecule has 0 saturated carbocycles. The Labute approximate surface area is 83.6 Å². The van der Waals surface area contributed by atoms with Crippen molar-refractivity contribution in [1.82, 2.24) is 5.32 Å². The molecule has 78 valence electrons. The zero-order chi connectivity index (χ0) is 10.3. The minimum absolute atomic E-state index is 0.422. The Kier molecular flexibility index (Phi) is 6.06. The molecule has 1 nitrogen and oxygen atoms in total. The van der Waals surface area contributed by atoms with E-state index in [-0.39, 0.29) is 0 Å². The second kappa shape index (κ2) is 6.20. The Bertz CT molecular complexity index is 133. The highest BCUT2D eigenvalue weighted by Gasteiger charge is 2.18. The van der Waals surface area contributed by atoms with Gasteiger partial charge in [0.05, 0.1) is 0 Å². The molecule has 0 heterocycles. The molecule has 0 radical (unpaired) electrons. The van der Waals surface area contributed by atoms with E-state index in [1.165, 1.54) is 6.42 Å². The van der Waals surface area contributed by atoms with Gasteiger partial charge in [0.25, 0.3) is 0 Å². The molecule has 0 aromatic heterocycles. The molecule has 0 aromatic carbocycles. The van der Waals surface area contributed by atoms with Crippen LogP contribution in [0, 0.1) is 11.3 Å².